The van der Waals surface area contributed by atoms with Crippen LogP contribution in [0.15, 0.2) is 101 Å². The second-order valence-corrected chi connectivity index (χ2v) is 10.5. The van der Waals surface area contributed by atoms with Gasteiger partial charge in [-0.1, -0.05) is 72.8 Å². The fourth-order valence-corrected chi connectivity index (χ4v) is 5.15. The Morgan fingerprint density at radius 1 is 1.00 bits per heavy atom. The number of aliphatic hydroxyl groups excluding tert-OH is 1. The van der Waals surface area contributed by atoms with E-state index in [1.54, 1.807) is 14.0 Å². The van der Waals surface area contributed by atoms with E-state index in [9.17, 15) is 14.7 Å². The quantitative estimate of drug-likeness (QED) is 0.132. The Hall–Kier alpha value is -3.67. The van der Waals surface area contributed by atoms with Crippen molar-refractivity contribution in [2.45, 2.75) is 37.3 Å². The van der Waals surface area contributed by atoms with Crippen molar-refractivity contribution in [3.05, 3.63) is 134 Å². The minimum Gasteiger partial charge on any atom is -0.497 e. The SMILES string of the molecule is COc1ccc(C(NC[C@H]2O[C@@H](n3cc(C)c(=O)[nH]c3=O)C[C@@H]2O)(c2ccccc2)c2ccccc2)cc1.NP(O)O. The lowest BCUT2D eigenvalue weighted by Gasteiger charge is -2.38. The fourth-order valence-electron chi connectivity index (χ4n) is 5.15. The van der Waals surface area contributed by atoms with E-state index in [2.05, 4.69) is 40.1 Å². The van der Waals surface area contributed by atoms with E-state index >= 15 is 0 Å². The summed E-state index contributed by atoms with van der Waals surface area (Å²) in [4.78, 5) is 41.5. The molecule has 222 valence electrons. The molecular formula is C30H35N4O7P. The number of hydrogen-bond donors (Lipinski definition) is 6. The van der Waals surface area contributed by atoms with Crippen LogP contribution in [-0.4, -0.2) is 50.3 Å². The van der Waals surface area contributed by atoms with Crippen LogP contribution in [0, 0.1) is 6.92 Å². The molecule has 3 atom stereocenters. The van der Waals surface area contributed by atoms with Crippen LogP contribution in [0.1, 0.15) is 34.9 Å². The minimum absolute atomic E-state index is 0.226. The summed E-state index contributed by atoms with van der Waals surface area (Å²) in [5.41, 5.74) is 5.96. The number of aromatic nitrogens is 2. The van der Waals surface area contributed by atoms with Crippen LogP contribution in [-0.2, 0) is 10.3 Å². The summed E-state index contributed by atoms with van der Waals surface area (Å²) in [5.74, 6) is 0.753. The van der Waals surface area contributed by atoms with Crippen LogP contribution in [0.3, 0.4) is 0 Å². The number of aromatic amines is 1. The Kier molecular flexibility index (Phi) is 10.4. The number of H-pyrrole nitrogens is 1. The van der Waals surface area contributed by atoms with Crippen LogP contribution in [0.2, 0.25) is 0 Å². The van der Waals surface area contributed by atoms with Crippen molar-refractivity contribution in [2.24, 2.45) is 5.50 Å². The Labute approximate surface area is 244 Å². The molecule has 0 unspecified atom stereocenters. The van der Waals surface area contributed by atoms with Gasteiger partial charge in [-0.15, -0.1) is 0 Å². The number of methoxy groups -OCH3 is 1. The van der Waals surface area contributed by atoms with Gasteiger partial charge in [0.2, 0.25) is 8.53 Å². The monoisotopic (exact) mass is 594 g/mol. The fraction of sp³-hybridized carbons (Fsp3) is 0.267. The van der Waals surface area contributed by atoms with Crippen LogP contribution >= 0.6 is 8.53 Å². The van der Waals surface area contributed by atoms with Crippen LogP contribution in [0.4, 0.5) is 0 Å². The lowest BCUT2D eigenvalue weighted by Crippen LogP contribution is -2.49. The third kappa shape index (κ3) is 7.03. The molecule has 3 aromatic carbocycles. The van der Waals surface area contributed by atoms with E-state index in [0.29, 0.717) is 12.1 Å². The largest absolute Gasteiger partial charge is 0.497 e. The highest BCUT2D eigenvalue weighted by molar-refractivity contribution is 7.42. The number of nitrogens with one attached hydrogen (secondary N) is 2. The van der Waals surface area contributed by atoms with Gasteiger partial charge in [-0.3, -0.25) is 25.2 Å². The number of nitrogens with two attached hydrogens (primary N) is 1. The smallest absolute Gasteiger partial charge is 0.330 e. The zero-order chi connectivity index (χ0) is 30.3. The van der Waals surface area contributed by atoms with Gasteiger partial charge in [0.25, 0.3) is 5.56 Å². The van der Waals surface area contributed by atoms with Crippen molar-refractivity contribution < 1.29 is 24.4 Å². The summed E-state index contributed by atoms with van der Waals surface area (Å²) in [6.45, 7) is 1.92. The van der Waals surface area contributed by atoms with Gasteiger partial charge >= 0.3 is 5.69 Å². The second kappa shape index (κ2) is 14.0. The van der Waals surface area contributed by atoms with E-state index < -0.39 is 43.7 Å². The van der Waals surface area contributed by atoms with Crippen molar-refractivity contribution in [1.82, 2.24) is 14.9 Å². The average molecular weight is 595 g/mol. The van der Waals surface area contributed by atoms with Crippen LogP contribution < -0.4 is 26.8 Å². The summed E-state index contributed by atoms with van der Waals surface area (Å²) in [6.07, 6.45) is -0.395. The van der Waals surface area contributed by atoms with Gasteiger partial charge in [-0.2, -0.15) is 0 Å². The molecule has 11 nitrogen and oxygen atoms in total. The Morgan fingerprint density at radius 2 is 1.52 bits per heavy atom. The molecule has 1 aromatic heterocycles. The molecule has 2 heterocycles. The lowest BCUT2D eigenvalue weighted by molar-refractivity contribution is -0.0213. The third-order valence-electron chi connectivity index (χ3n) is 7.17. The summed E-state index contributed by atoms with van der Waals surface area (Å²) < 4.78 is 12.9. The molecule has 12 heteroatoms. The Bertz CT molecular complexity index is 1500. The highest BCUT2D eigenvalue weighted by Gasteiger charge is 2.40. The van der Waals surface area contributed by atoms with Crippen LogP contribution in [0.5, 0.6) is 5.75 Å². The van der Waals surface area contributed by atoms with E-state index in [1.165, 1.54) is 10.8 Å². The van der Waals surface area contributed by atoms with Gasteiger partial charge in [-0.25, -0.2) is 4.79 Å². The molecule has 0 aliphatic carbocycles. The molecule has 1 aliphatic rings. The Morgan fingerprint density at radius 3 is 2.05 bits per heavy atom. The van der Waals surface area contributed by atoms with Gasteiger partial charge in [0, 0.05) is 24.7 Å². The molecule has 0 bridgehead atoms. The van der Waals surface area contributed by atoms with Gasteiger partial charge in [0.05, 0.1) is 24.9 Å². The highest BCUT2D eigenvalue weighted by atomic mass is 31.2. The maximum Gasteiger partial charge on any atom is 0.330 e. The number of benzene rings is 3. The first-order valence-electron chi connectivity index (χ1n) is 13.2. The topological polar surface area (TPSA) is 172 Å². The van der Waals surface area contributed by atoms with Crippen molar-refractivity contribution in [2.75, 3.05) is 13.7 Å². The molecular weight excluding hydrogens is 559 g/mol. The van der Waals surface area contributed by atoms with Gasteiger partial charge < -0.3 is 24.4 Å². The van der Waals surface area contributed by atoms with Crippen molar-refractivity contribution in [1.29, 1.82) is 0 Å². The van der Waals surface area contributed by atoms with Crippen molar-refractivity contribution >= 4 is 8.53 Å². The highest BCUT2D eigenvalue weighted by Crippen LogP contribution is 2.38. The van der Waals surface area contributed by atoms with Crippen molar-refractivity contribution in [3.63, 3.8) is 0 Å². The molecule has 1 saturated heterocycles. The number of aryl methyl sites for hydroxylation is 1. The van der Waals surface area contributed by atoms with E-state index in [-0.39, 0.29) is 6.42 Å². The molecule has 7 N–H and O–H groups in total. The maximum atomic E-state index is 12.4. The molecule has 0 spiro atoms. The molecule has 42 heavy (non-hydrogen) atoms. The summed E-state index contributed by atoms with van der Waals surface area (Å²) in [6, 6.07) is 28.2. The number of hydrogen-bond acceptors (Lipinski definition) is 9. The molecule has 5 rings (SSSR count). The molecule has 0 saturated carbocycles. The number of rotatable bonds is 8. The predicted molar refractivity (Wildman–Crippen MR) is 160 cm³/mol. The first-order valence-corrected chi connectivity index (χ1v) is 14.6. The number of nitrogens with zero attached hydrogens (tertiary/aromatic N) is 1. The summed E-state index contributed by atoms with van der Waals surface area (Å²) in [5, 5.41) is 14.7. The molecule has 4 aromatic rings. The maximum absolute atomic E-state index is 12.4. The normalized spacial score (nSPS) is 18.4. The molecule has 0 radical (unpaired) electrons. The molecule has 0 amide bonds. The Balaban J connectivity index is 0.000000952. The van der Waals surface area contributed by atoms with E-state index in [4.69, 9.17) is 19.3 Å². The third-order valence-corrected chi connectivity index (χ3v) is 7.17. The second-order valence-electron chi connectivity index (χ2n) is 9.82. The first-order chi connectivity index (χ1) is 20.1. The van der Waals surface area contributed by atoms with Gasteiger partial charge in [-0.05, 0) is 35.7 Å². The summed E-state index contributed by atoms with van der Waals surface area (Å²) in [7, 11) is -0.482. The van der Waals surface area contributed by atoms with E-state index in [0.717, 1.165) is 22.4 Å². The standard InChI is InChI=1S/C30H31N3O5.H4NO2P/c1-20-19-33(29(36)32-28(20)35)27-17-25(34)26(38-27)18-31-30(21-9-5-3-6-10-21,22-11-7-4-8-12-22)23-13-15-24(37-2)16-14-23;1-4(2)3/h3-16,19,25-27,31,34H,17-18H2,1-2H3,(H,32,35,36);2-3H,1H2/t25-,26+,27+;/m0./s1. The predicted octanol–water partition coefficient (Wildman–Crippen LogP) is 2.24. The number of ether oxygens (including phenoxy) is 2. The lowest BCUT2D eigenvalue weighted by atomic mass is 9.77. The number of aliphatic hydroxyl groups is 1. The zero-order valence-corrected chi connectivity index (χ0v) is 24.1. The van der Waals surface area contributed by atoms with Gasteiger partial charge in [0.15, 0.2) is 0 Å². The molecule has 1 aliphatic heterocycles. The van der Waals surface area contributed by atoms with Gasteiger partial charge in [0.1, 0.15) is 12.0 Å². The van der Waals surface area contributed by atoms with E-state index in [1.807, 2.05) is 60.7 Å². The average Bonchev–Trinajstić information content (AvgIpc) is 3.36. The first kappa shape index (κ1) is 31.3. The van der Waals surface area contributed by atoms with Crippen molar-refractivity contribution in [3.8, 4) is 5.75 Å². The van der Waals surface area contributed by atoms with Crippen LogP contribution in [0.25, 0.3) is 0 Å². The summed E-state index contributed by atoms with van der Waals surface area (Å²) >= 11 is 0. The molecule has 1 fully saturated rings. The zero-order valence-electron chi connectivity index (χ0n) is 23.3. The minimum atomic E-state index is -2.12.